The quantitative estimate of drug-likeness (QED) is 0.189. The van der Waals surface area contributed by atoms with Gasteiger partial charge in [-0.25, -0.2) is 14.1 Å². The first-order chi connectivity index (χ1) is 27.3. The molecule has 0 saturated heterocycles. The molecule has 1 aliphatic heterocycles. The van der Waals surface area contributed by atoms with Gasteiger partial charge in [-0.1, -0.05) is 0 Å². The smallest absolute Gasteiger partial charge is 0.348 e. The topological polar surface area (TPSA) is 162 Å². The number of carbonyl (C=O) groups excluding carboxylic acids is 2. The van der Waals surface area contributed by atoms with Crippen LogP contribution in [0.2, 0.25) is 0 Å². The van der Waals surface area contributed by atoms with Crippen LogP contribution in [-0.2, 0) is 44.5 Å². The number of nitrogens with one attached hydrogen (secondary N) is 1. The van der Waals surface area contributed by atoms with Gasteiger partial charge in [0, 0.05) is 56.6 Å². The standard InChI is InChI=1S/C38H33F6N11O3/c1-37(2,19-55-27(13-30(50-55)38(42,43)44)21-5-8-31(56)51(3)18-21)49-34(57)29(11-20-15-47-54(17-20)36(40)41)53-10-9-23-24(6-7-25(39)32(23)35(53)58)33-22(14-45)12-28-26(48-33)16-46-52(28)4/h5-8,12-13,15-18,29,36H,9-11,19H2,1-4H3,(H,49,57). The number of fused-ring (bicyclic) bond motifs is 2. The van der Waals surface area contributed by atoms with E-state index in [0.29, 0.717) is 21.3 Å². The fourth-order valence-electron chi connectivity index (χ4n) is 7.11. The maximum Gasteiger partial charge on any atom is 0.435 e. The molecule has 5 aromatic heterocycles. The van der Waals surface area contributed by atoms with E-state index in [1.807, 2.05) is 0 Å². The first kappa shape index (κ1) is 39.5. The lowest BCUT2D eigenvalue weighted by atomic mass is 9.89. The van der Waals surface area contributed by atoms with Crippen molar-refractivity contribution in [3.8, 4) is 28.6 Å². The predicted molar refractivity (Wildman–Crippen MR) is 194 cm³/mol. The average Bonchev–Trinajstić information content (AvgIpc) is 3.90. The number of amides is 2. The molecule has 0 fully saturated rings. The van der Waals surface area contributed by atoms with Crippen LogP contribution in [0.1, 0.15) is 53.1 Å². The van der Waals surface area contributed by atoms with E-state index in [-0.39, 0.29) is 65.1 Å². The SMILES string of the molecule is Cn1cc(-c2cc(C(F)(F)F)nn2CC(C)(C)NC(=O)C(Cc2cnn(C(F)F)c2)N2CCc3c(-c4nc5cnn(C)c5cc4C#N)ccc(F)c3C2=O)ccc1=O. The van der Waals surface area contributed by atoms with Crippen LogP contribution in [0, 0.1) is 17.1 Å². The number of nitrogens with zero attached hydrogens (tertiary/aromatic N) is 10. The third-order valence-corrected chi connectivity index (χ3v) is 9.87. The molecule has 2 amide bonds. The maximum absolute atomic E-state index is 15.8. The summed E-state index contributed by atoms with van der Waals surface area (Å²) < 4.78 is 88.7. The monoisotopic (exact) mass is 805 g/mol. The summed E-state index contributed by atoms with van der Waals surface area (Å²) in [7, 11) is 3.11. The zero-order valence-corrected chi connectivity index (χ0v) is 31.2. The number of aryl methyl sites for hydroxylation is 2. The van der Waals surface area contributed by atoms with E-state index in [9.17, 15) is 41.6 Å². The second-order valence-electron chi connectivity index (χ2n) is 14.5. The van der Waals surface area contributed by atoms with Crippen LogP contribution in [-0.4, -0.2) is 73.7 Å². The second kappa shape index (κ2) is 14.6. The summed E-state index contributed by atoms with van der Waals surface area (Å²) >= 11 is 0. The third-order valence-electron chi connectivity index (χ3n) is 9.87. The van der Waals surface area contributed by atoms with Crippen molar-refractivity contribution in [3.05, 3.63) is 105 Å². The van der Waals surface area contributed by atoms with Gasteiger partial charge in [0.15, 0.2) is 5.69 Å². The van der Waals surface area contributed by atoms with Gasteiger partial charge >= 0.3 is 12.7 Å². The van der Waals surface area contributed by atoms with E-state index in [1.165, 1.54) is 60.7 Å². The van der Waals surface area contributed by atoms with Crippen LogP contribution in [0.15, 0.2) is 66.0 Å². The van der Waals surface area contributed by atoms with Crippen molar-refractivity contribution in [2.24, 2.45) is 14.1 Å². The summed E-state index contributed by atoms with van der Waals surface area (Å²) in [6, 6.07) is 8.04. The van der Waals surface area contributed by atoms with Crippen molar-refractivity contribution in [1.82, 2.24) is 49.1 Å². The highest BCUT2D eigenvalue weighted by Gasteiger charge is 2.40. The molecule has 0 saturated carbocycles. The number of halogens is 6. The molecular weight excluding hydrogens is 772 g/mol. The molecule has 1 N–H and O–H groups in total. The van der Waals surface area contributed by atoms with Gasteiger partial charge in [-0.2, -0.15) is 42.5 Å². The molecule has 1 aromatic carbocycles. The van der Waals surface area contributed by atoms with E-state index in [4.69, 9.17) is 0 Å². The summed E-state index contributed by atoms with van der Waals surface area (Å²) in [4.78, 5) is 46.5. The summed E-state index contributed by atoms with van der Waals surface area (Å²) in [5.74, 6) is -2.64. The molecule has 1 aliphatic rings. The molecule has 1 unspecified atom stereocenters. The molecule has 0 bridgehead atoms. The zero-order valence-electron chi connectivity index (χ0n) is 31.2. The number of hydrogen-bond donors (Lipinski definition) is 1. The first-order valence-corrected chi connectivity index (χ1v) is 17.7. The van der Waals surface area contributed by atoms with Crippen LogP contribution >= 0.6 is 0 Å². The van der Waals surface area contributed by atoms with Crippen LogP contribution in [0.25, 0.3) is 33.5 Å². The average molecular weight is 806 g/mol. The van der Waals surface area contributed by atoms with Crippen LogP contribution < -0.4 is 10.9 Å². The van der Waals surface area contributed by atoms with Crippen molar-refractivity contribution < 1.29 is 35.9 Å². The molecule has 0 radical (unpaired) electrons. The number of alkyl halides is 5. The van der Waals surface area contributed by atoms with Gasteiger partial charge in [-0.05, 0) is 61.7 Å². The Morgan fingerprint density at radius 3 is 2.47 bits per heavy atom. The highest BCUT2D eigenvalue weighted by atomic mass is 19.4. The van der Waals surface area contributed by atoms with Crippen molar-refractivity contribution in [1.29, 1.82) is 5.26 Å². The fraction of sp³-hybridized carbons (Fsp3) is 0.316. The Morgan fingerprint density at radius 1 is 1.03 bits per heavy atom. The Bertz CT molecular complexity index is 2700. The zero-order chi connectivity index (χ0) is 41.8. The number of pyridine rings is 2. The van der Waals surface area contributed by atoms with Crippen LogP contribution in [0.4, 0.5) is 26.3 Å². The normalized spacial score (nSPS) is 13.9. The number of rotatable bonds is 10. The minimum atomic E-state index is -4.83. The molecule has 20 heteroatoms. The minimum absolute atomic E-state index is 0.00738. The first-order valence-electron chi connectivity index (χ1n) is 17.7. The van der Waals surface area contributed by atoms with Crippen molar-refractivity contribution in [3.63, 3.8) is 0 Å². The van der Waals surface area contributed by atoms with Crippen LogP contribution in [0.3, 0.4) is 0 Å². The summed E-state index contributed by atoms with van der Waals surface area (Å²) in [5.41, 5.74) is -1.09. The van der Waals surface area contributed by atoms with E-state index < -0.39 is 53.2 Å². The number of carbonyl (C=O) groups is 2. The molecule has 1 atom stereocenters. The van der Waals surface area contributed by atoms with Gasteiger partial charge in [0.1, 0.15) is 23.4 Å². The number of benzene rings is 1. The van der Waals surface area contributed by atoms with Crippen molar-refractivity contribution in [2.75, 3.05) is 6.54 Å². The van der Waals surface area contributed by atoms with E-state index in [0.717, 1.165) is 34.1 Å². The van der Waals surface area contributed by atoms with Gasteiger partial charge in [-0.15, -0.1) is 0 Å². The Hall–Kier alpha value is -6.78. The molecule has 14 nitrogen and oxygen atoms in total. The summed E-state index contributed by atoms with van der Waals surface area (Å²) in [6.45, 7) is -0.493. The van der Waals surface area contributed by atoms with Gasteiger partial charge < -0.3 is 14.8 Å². The highest BCUT2D eigenvalue weighted by Crippen LogP contribution is 2.36. The highest BCUT2D eigenvalue weighted by molar-refractivity contribution is 6.02. The lowest BCUT2D eigenvalue weighted by molar-refractivity contribution is -0.141. The molecule has 6 aromatic rings. The summed E-state index contributed by atoms with van der Waals surface area (Å²) in [6.07, 6.45) is -0.247. The van der Waals surface area contributed by atoms with Gasteiger partial charge in [0.2, 0.25) is 11.5 Å². The van der Waals surface area contributed by atoms with E-state index in [2.05, 4.69) is 31.7 Å². The van der Waals surface area contributed by atoms with Gasteiger partial charge in [-0.3, -0.25) is 23.7 Å². The molecule has 0 spiro atoms. The Morgan fingerprint density at radius 2 is 1.79 bits per heavy atom. The predicted octanol–water partition coefficient (Wildman–Crippen LogP) is 5.02. The Labute approximate surface area is 324 Å². The minimum Gasteiger partial charge on any atom is -0.348 e. The molecular formula is C38H33F6N11O3. The molecule has 58 heavy (non-hydrogen) atoms. The largest absolute Gasteiger partial charge is 0.435 e. The fourth-order valence-corrected chi connectivity index (χ4v) is 7.11. The maximum atomic E-state index is 15.8. The summed E-state index contributed by atoms with van der Waals surface area (Å²) in [5, 5.41) is 24.4. The molecule has 6 heterocycles. The molecule has 7 rings (SSSR count). The second-order valence-corrected chi connectivity index (χ2v) is 14.5. The van der Waals surface area contributed by atoms with E-state index in [1.54, 1.807) is 13.1 Å². The van der Waals surface area contributed by atoms with Crippen molar-refractivity contribution in [2.45, 2.75) is 57.5 Å². The lowest BCUT2D eigenvalue weighted by Gasteiger charge is -2.37. The van der Waals surface area contributed by atoms with E-state index >= 15 is 4.39 Å². The number of aromatic nitrogens is 8. The van der Waals surface area contributed by atoms with Gasteiger partial charge in [0.05, 0.1) is 52.5 Å². The number of nitriles is 1. The van der Waals surface area contributed by atoms with Crippen LogP contribution in [0.5, 0.6) is 0 Å². The molecule has 0 aliphatic carbocycles. The van der Waals surface area contributed by atoms with Gasteiger partial charge in [0.25, 0.3) is 5.91 Å². The Balaban J connectivity index is 1.24. The molecule has 300 valence electrons. The third kappa shape index (κ3) is 7.42. The Kier molecular flexibility index (Phi) is 9.95. The number of hydrogen-bond acceptors (Lipinski definition) is 8. The van der Waals surface area contributed by atoms with Crippen molar-refractivity contribution >= 4 is 22.8 Å². The lowest BCUT2D eigenvalue weighted by Crippen LogP contribution is -2.58.